The van der Waals surface area contributed by atoms with Crippen LogP contribution in [0.3, 0.4) is 0 Å². The zero-order valence-corrected chi connectivity index (χ0v) is 20.4. The smallest absolute Gasteiger partial charge is 0.257 e. The van der Waals surface area contributed by atoms with E-state index in [0.29, 0.717) is 52.6 Å². The fraction of sp³-hybridized carbons (Fsp3) is 0.200. The monoisotopic (exact) mass is 494 g/mol. The topological polar surface area (TPSA) is 117 Å². The average molecular weight is 495 g/mol. The Morgan fingerprint density at radius 1 is 0.971 bits per heavy atom. The standard InChI is InChI=1S/C25H26N4O5S/c1-29(35(3,32)33)23-7-5-4-6-18(23)16-8-10-19-21(14-16)27-22-15-17(24(30)26-12-13-34-2)9-11-20(22)28-25(19)31/h4-11,14-15,27H,12-13H2,1-3H3,(H,26,30)(H,28,31). The third-order valence-electron chi connectivity index (χ3n) is 5.71. The molecule has 3 N–H and O–H groups in total. The third-order valence-corrected chi connectivity index (χ3v) is 6.90. The highest BCUT2D eigenvalue weighted by molar-refractivity contribution is 7.92. The van der Waals surface area contributed by atoms with Crippen LogP contribution >= 0.6 is 0 Å². The number of amides is 2. The van der Waals surface area contributed by atoms with Gasteiger partial charge in [-0.1, -0.05) is 24.3 Å². The van der Waals surface area contributed by atoms with Crippen LogP contribution in [-0.4, -0.2) is 53.8 Å². The average Bonchev–Trinajstić information content (AvgIpc) is 2.97. The number of hydrogen-bond acceptors (Lipinski definition) is 6. The first-order chi connectivity index (χ1) is 16.7. The highest BCUT2D eigenvalue weighted by Crippen LogP contribution is 2.37. The van der Waals surface area contributed by atoms with Gasteiger partial charge in [-0.05, 0) is 42.0 Å². The van der Waals surface area contributed by atoms with Crippen molar-refractivity contribution < 1.29 is 22.7 Å². The number of fused-ring (bicyclic) bond motifs is 2. The first kappa shape index (κ1) is 24.2. The van der Waals surface area contributed by atoms with Crippen molar-refractivity contribution in [2.45, 2.75) is 0 Å². The van der Waals surface area contributed by atoms with Crippen LogP contribution in [0, 0.1) is 0 Å². The molecule has 10 heteroatoms. The fourth-order valence-corrected chi connectivity index (χ4v) is 4.30. The number of nitrogens with one attached hydrogen (secondary N) is 3. The molecule has 1 heterocycles. The number of ether oxygens (including phenoxy) is 1. The summed E-state index contributed by atoms with van der Waals surface area (Å²) < 4.78 is 30.5. The lowest BCUT2D eigenvalue weighted by atomic mass is 10.0. The number of methoxy groups -OCH3 is 1. The molecule has 0 atom stereocenters. The predicted molar refractivity (Wildman–Crippen MR) is 137 cm³/mol. The number of anilines is 4. The van der Waals surface area contributed by atoms with Crippen LogP contribution < -0.4 is 20.3 Å². The molecule has 0 radical (unpaired) electrons. The molecule has 0 spiro atoms. The van der Waals surface area contributed by atoms with Crippen molar-refractivity contribution in [3.8, 4) is 11.1 Å². The van der Waals surface area contributed by atoms with E-state index in [1.165, 1.54) is 11.4 Å². The van der Waals surface area contributed by atoms with Gasteiger partial charge in [0, 0.05) is 31.8 Å². The lowest BCUT2D eigenvalue weighted by molar-refractivity contribution is 0.0936. The second-order valence-electron chi connectivity index (χ2n) is 8.10. The maximum absolute atomic E-state index is 12.9. The molecule has 0 aromatic heterocycles. The second kappa shape index (κ2) is 9.77. The minimum atomic E-state index is -3.47. The number of benzene rings is 3. The number of nitrogens with zero attached hydrogens (tertiary/aromatic N) is 1. The Bertz CT molecular complexity index is 1400. The van der Waals surface area contributed by atoms with Gasteiger partial charge in [0.2, 0.25) is 10.0 Å². The molecule has 3 aromatic carbocycles. The predicted octanol–water partition coefficient (Wildman–Crippen LogP) is 3.43. The molecule has 182 valence electrons. The Labute approximate surface area is 204 Å². The molecule has 2 amide bonds. The quantitative estimate of drug-likeness (QED) is 0.433. The molecule has 0 saturated carbocycles. The molecular formula is C25H26N4O5S. The summed E-state index contributed by atoms with van der Waals surface area (Å²) >= 11 is 0. The van der Waals surface area contributed by atoms with E-state index in [1.54, 1.807) is 55.6 Å². The maximum atomic E-state index is 12.9. The molecule has 0 aliphatic carbocycles. The van der Waals surface area contributed by atoms with Crippen LogP contribution in [0.1, 0.15) is 20.7 Å². The number of para-hydroxylation sites is 1. The summed E-state index contributed by atoms with van der Waals surface area (Å²) in [5.74, 6) is -0.550. The maximum Gasteiger partial charge on any atom is 0.257 e. The van der Waals surface area contributed by atoms with Gasteiger partial charge in [0.1, 0.15) is 0 Å². The zero-order chi connectivity index (χ0) is 25.2. The van der Waals surface area contributed by atoms with Crippen molar-refractivity contribution in [3.05, 3.63) is 71.8 Å². The molecule has 9 nitrogen and oxygen atoms in total. The summed E-state index contributed by atoms with van der Waals surface area (Å²) in [5, 5.41) is 8.91. The summed E-state index contributed by atoms with van der Waals surface area (Å²) in [4.78, 5) is 25.4. The molecule has 0 unspecified atom stereocenters. The molecule has 35 heavy (non-hydrogen) atoms. The number of rotatable bonds is 7. The van der Waals surface area contributed by atoms with Gasteiger partial charge in [-0.25, -0.2) is 8.42 Å². The van der Waals surface area contributed by atoms with E-state index < -0.39 is 10.0 Å². The van der Waals surface area contributed by atoms with E-state index in [4.69, 9.17) is 4.74 Å². The van der Waals surface area contributed by atoms with Gasteiger partial charge in [0.15, 0.2) is 0 Å². The first-order valence-electron chi connectivity index (χ1n) is 10.9. The van der Waals surface area contributed by atoms with Crippen molar-refractivity contribution in [3.63, 3.8) is 0 Å². The van der Waals surface area contributed by atoms with Crippen LogP contribution in [0.2, 0.25) is 0 Å². The molecule has 4 rings (SSSR count). The number of sulfonamides is 1. The largest absolute Gasteiger partial charge is 0.383 e. The van der Waals surface area contributed by atoms with Gasteiger partial charge >= 0.3 is 0 Å². The molecule has 3 aromatic rings. The van der Waals surface area contributed by atoms with Crippen LogP contribution in [0.4, 0.5) is 22.7 Å². The lowest BCUT2D eigenvalue weighted by Crippen LogP contribution is -2.27. The molecule has 0 bridgehead atoms. The zero-order valence-electron chi connectivity index (χ0n) is 19.6. The first-order valence-corrected chi connectivity index (χ1v) is 12.7. The third kappa shape index (κ3) is 5.13. The Morgan fingerprint density at radius 2 is 1.74 bits per heavy atom. The van der Waals surface area contributed by atoms with Gasteiger partial charge in [-0.2, -0.15) is 0 Å². The van der Waals surface area contributed by atoms with E-state index in [-0.39, 0.29) is 11.8 Å². The van der Waals surface area contributed by atoms with Crippen LogP contribution in [0.25, 0.3) is 11.1 Å². The van der Waals surface area contributed by atoms with E-state index in [9.17, 15) is 18.0 Å². The molecule has 0 saturated heterocycles. The molecular weight excluding hydrogens is 468 g/mol. The lowest BCUT2D eigenvalue weighted by Gasteiger charge is -2.21. The van der Waals surface area contributed by atoms with Gasteiger partial charge in [0.05, 0.1) is 41.2 Å². The van der Waals surface area contributed by atoms with Crippen LogP contribution in [0.5, 0.6) is 0 Å². The van der Waals surface area contributed by atoms with Crippen LogP contribution in [0.15, 0.2) is 60.7 Å². The molecule has 1 aliphatic heterocycles. The minimum absolute atomic E-state index is 0.256. The summed E-state index contributed by atoms with van der Waals surface area (Å²) in [5.41, 5.74) is 4.43. The Balaban J connectivity index is 1.72. The minimum Gasteiger partial charge on any atom is -0.383 e. The SMILES string of the molecule is COCCNC(=O)c1ccc2c(c1)Nc1cc(-c3ccccc3N(C)S(C)(=O)=O)ccc1C(=O)N2. The van der Waals surface area contributed by atoms with Gasteiger partial charge in [0.25, 0.3) is 11.8 Å². The van der Waals surface area contributed by atoms with E-state index in [1.807, 2.05) is 12.1 Å². The Morgan fingerprint density at radius 3 is 2.49 bits per heavy atom. The number of hydrogen-bond donors (Lipinski definition) is 3. The highest BCUT2D eigenvalue weighted by Gasteiger charge is 2.22. The van der Waals surface area contributed by atoms with Crippen molar-refractivity contribution in [1.82, 2.24) is 5.32 Å². The van der Waals surface area contributed by atoms with Crippen molar-refractivity contribution in [2.75, 3.05) is 48.5 Å². The number of carbonyl (C=O) groups excluding carboxylic acids is 2. The Hall–Kier alpha value is -3.89. The van der Waals surface area contributed by atoms with Crippen molar-refractivity contribution in [2.24, 2.45) is 0 Å². The van der Waals surface area contributed by atoms with Crippen LogP contribution in [-0.2, 0) is 14.8 Å². The molecule has 0 fully saturated rings. The summed E-state index contributed by atoms with van der Waals surface area (Å²) in [7, 11) is -0.413. The summed E-state index contributed by atoms with van der Waals surface area (Å²) in [6, 6.07) is 17.4. The summed E-state index contributed by atoms with van der Waals surface area (Å²) in [6.07, 6.45) is 1.15. The van der Waals surface area contributed by atoms with E-state index in [0.717, 1.165) is 11.8 Å². The Kier molecular flexibility index (Phi) is 6.77. The van der Waals surface area contributed by atoms with Gasteiger partial charge < -0.3 is 20.7 Å². The normalized spacial score (nSPS) is 12.5. The van der Waals surface area contributed by atoms with Gasteiger partial charge in [-0.15, -0.1) is 0 Å². The van der Waals surface area contributed by atoms with Gasteiger partial charge in [-0.3, -0.25) is 13.9 Å². The van der Waals surface area contributed by atoms with E-state index >= 15 is 0 Å². The van der Waals surface area contributed by atoms with E-state index in [2.05, 4.69) is 16.0 Å². The van der Waals surface area contributed by atoms with Crippen molar-refractivity contribution >= 4 is 44.6 Å². The van der Waals surface area contributed by atoms with Crippen molar-refractivity contribution in [1.29, 1.82) is 0 Å². The molecule has 1 aliphatic rings. The number of carbonyl (C=O) groups is 2. The summed E-state index contributed by atoms with van der Waals surface area (Å²) in [6.45, 7) is 0.779. The second-order valence-corrected chi connectivity index (χ2v) is 10.1. The highest BCUT2D eigenvalue weighted by atomic mass is 32.2. The fourth-order valence-electron chi connectivity index (χ4n) is 3.79.